The number of amides is 3. The summed E-state index contributed by atoms with van der Waals surface area (Å²) in [6, 6.07) is 8.79. The van der Waals surface area contributed by atoms with E-state index in [4.69, 9.17) is 4.74 Å². The van der Waals surface area contributed by atoms with Gasteiger partial charge in [0.25, 0.3) is 5.91 Å². The van der Waals surface area contributed by atoms with E-state index in [0.29, 0.717) is 43.9 Å². The maximum absolute atomic E-state index is 13.7. The maximum atomic E-state index is 13.7. The van der Waals surface area contributed by atoms with Crippen molar-refractivity contribution >= 4 is 29.4 Å². The lowest BCUT2D eigenvalue weighted by Gasteiger charge is -2.25. The van der Waals surface area contributed by atoms with Crippen molar-refractivity contribution in [2.45, 2.75) is 38.1 Å². The molecule has 0 spiro atoms. The Morgan fingerprint density at radius 3 is 2.39 bits per heavy atom. The fourth-order valence-corrected chi connectivity index (χ4v) is 4.47. The molecular weight excluding hydrogens is 496 g/mol. The molecule has 2 aliphatic rings. The zero-order valence-electron chi connectivity index (χ0n) is 21.2. The molecule has 0 saturated carbocycles. The number of nitrogens with zero attached hydrogens (tertiary/aromatic N) is 3. The molecule has 2 heterocycles. The lowest BCUT2D eigenvalue weighted by atomic mass is 10.1. The number of likely N-dealkylation sites (tertiary alicyclic amines) is 2. The van der Waals surface area contributed by atoms with Crippen molar-refractivity contribution in [2.75, 3.05) is 38.6 Å². The Bertz CT molecular complexity index is 1200. The van der Waals surface area contributed by atoms with E-state index in [1.807, 2.05) is 0 Å². The van der Waals surface area contributed by atoms with Crippen LogP contribution in [-0.4, -0.2) is 72.8 Å². The number of hydrogen-bond donors (Lipinski definition) is 2. The van der Waals surface area contributed by atoms with Crippen molar-refractivity contribution in [3.05, 3.63) is 59.7 Å². The van der Waals surface area contributed by atoms with Gasteiger partial charge in [0.15, 0.2) is 11.6 Å². The van der Waals surface area contributed by atoms with Gasteiger partial charge in [-0.1, -0.05) is 0 Å². The monoisotopic (exact) mass is 527 g/mol. The fraction of sp³-hybridized carbons (Fsp3) is 0.407. The van der Waals surface area contributed by atoms with Gasteiger partial charge in [0.2, 0.25) is 17.8 Å². The molecule has 11 heteroatoms. The molecule has 0 aliphatic carbocycles. The van der Waals surface area contributed by atoms with E-state index in [2.05, 4.69) is 15.6 Å². The van der Waals surface area contributed by atoms with Crippen LogP contribution in [-0.2, 0) is 9.59 Å². The Morgan fingerprint density at radius 1 is 1.00 bits per heavy atom. The summed E-state index contributed by atoms with van der Waals surface area (Å²) in [4.78, 5) is 46.8. The van der Waals surface area contributed by atoms with Crippen molar-refractivity contribution in [2.24, 2.45) is 4.99 Å². The number of hydrogen-bond acceptors (Lipinski definition) is 5. The number of ether oxygens (including phenoxy) is 1. The van der Waals surface area contributed by atoms with Crippen LogP contribution in [0.4, 0.5) is 14.5 Å². The van der Waals surface area contributed by atoms with Gasteiger partial charge in [-0.3, -0.25) is 19.7 Å². The number of rotatable bonds is 6. The largest absolute Gasteiger partial charge is 0.497 e. The summed E-state index contributed by atoms with van der Waals surface area (Å²) in [6.45, 7) is 1.85. The third-order valence-corrected chi connectivity index (χ3v) is 6.59. The van der Waals surface area contributed by atoms with E-state index in [1.165, 1.54) is 12.0 Å². The Kier molecular flexibility index (Phi) is 8.88. The van der Waals surface area contributed by atoms with E-state index in [9.17, 15) is 23.2 Å². The average molecular weight is 528 g/mol. The predicted octanol–water partition coefficient (Wildman–Crippen LogP) is 3.17. The van der Waals surface area contributed by atoms with Crippen molar-refractivity contribution in [1.82, 2.24) is 15.1 Å². The molecular formula is C27H31F2N5O4. The van der Waals surface area contributed by atoms with Crippen molar-refractivity contribution in [1.29, 1.82) is 0 Å². The van der Waals surface area contributed by atoms with Crippen molar-refractivity contribution in [3.63, 3.8) is 0 Å². The van der Waals surface area contributed by atoms with E-state index >= 15 is 0 Å². The molecule has 0 radical (unpaired) electrons. The smallest absolute Gasteiger partial charge is 0.258 e. The summed E-state index contributed by atoms with van der Waals surface area (Å²) in [6.07, 6.45) is 3.80. The first-order chi connectivity index (χ1) is 18.3. The van der Waals surface area contributed by atoms with Crippen LogP contribution in [0, 0.1) is 11.6 Å². The molecule has 2 aromatic carbocycles. The molecule has 202 valence electrons. The number of guanidine groups is 1. The minimum atomic E-state index is -1.16. The number of anilines is 1. The standard InChI is InChI=1S/C27H31F2N5O4/c1-38-20-10-8-19(9-11-20)30-27(32-25(36)18-7-12-21(28)22(29)16-18)31-23-6-2-3-15-34(26(23)37)17-24(35)33-13-4-5-14-33/h7-12,16,23H,2-6,13-15,17H2,1H3,(H2,30,31,32,36)/t23-/m0/s1. The zero-order chi connectivity index (χ0) is 27.1. The van der Waals surface area contributed by atoms with Crippen LogP contribution in [0.2, 0.25) is 0 Å². The van der Waals surface area contributed by atoms with Gasteiger partial charge in [-0.15, -0.1) is 0 Å². The number of aliphatic imine (C=N–C) groups is 1. The predicted molar refractivity (Wildman–Crippen MR) is 138 cm³/mol. The molecule has 0 aromatic heterocycles. The van der Waals surface area contributed by atoms with Crippen molar-refractivity contribution in [3.8, 4) is 5.75 Å². The Balaban J connectivity index is 1.56. The number of carbonyl (C=O) groups is 3. The highest BCUT2D eigenvalue weighted by Gasteiger charge is 2.30. The second-order valence-electron chi connectivity index (χ2n) is 9.27. The van der Waals surface area contributed by atoms with Crippen LogP contribution in [0.25, 0.3) is 0 Å². The van der Waals surface area contributed by atoms with Gasteiger partial charge in [0, 0.05) is 30.9 Å². The van der Waals surface area contributed by atoms with Gasteiger partial charge >= 0.3 is 0 Å². The molecule has 2 fully saturated rings. The van der Waals surface area contributed by atoms with E-state index in [0.717, 1.165) is 37.5 Å². The van der Waals surface area contributed by atoms with Crippen LogP contribution < -0.4 is 15.4 Å². The highest BCUT2D eigenvalue weighted by atomic mass is 19.2. The van der Waals surface area contributed by atoms with E-state index < -0.39 is 23.6 Å². The molecule has 38 heavy (non-hydrogen) atoms. The number of nitrogens with one attached hydrogen (secondary N) is 2. The third-order valence-electron chi connectivity index (χ3n) is 6.59. The van der Waals surface area contributed by atoms with Gasteiger partial charge < -0.3 is 19.9 Å². The Labute approximate surface area is 219 Å². The molecule has 0 bridgehead atoms. The molecule has 2 aliphatic heterocycles. The molecule has 1 atom stereocenters. The average Bonchev–Trinajstić information content (AvgIpc) is 3.41. The van der Waals surface area contributed by atoms with Crippen LogP contribution in [0.15, 0.2) is 47.5 Å². The van der Waals surface area contributed by atoms with E-state index in [1.54, 1.807) is 29.2 Å². The lowest BCUT2D eigenvalue weighted by Crippen LogP contribution is -2.45. The number of carbonyl (C=O) groups excluding carboxylic acids is 3. The van der Waals surface area contributed by atoms with E-state index in [-0.39, 0.29) is 29.9 Å². The van der Waals surface area contributed by atoms with Gasteiger partial charge in [0.1, 0.15) is 11.8 Å². The summed E-state index contributed by atoms with van der Waals surface area (Å²) in [5.74, 6) is -2.75. The van der Waals surface area contributed by atoms with Gasteiger partial charge in [-0.25, -0.2) is 13.8 Å². The highest BCUT2D eigenvalue weighted by Crippen LogP contribution is 2.19. The SMILES string of the molecule is COc1ccc(NC(=N[C@H]2CCCCN(CC(=O)N3CCCC3)C2=O)NC(=O)c2ccc(F)c(F)c2)cc1. The first kappa shape index (κ1) is 27.0. The third kappa shape index (κ3) is 6.84. The number of benzene rings is 2. The maximum Gasteiger partial charge on any atom is 0.258 e. The summed E-state index contributed by atoms with van der Waals surface area (Å²) in [7, 11) is 1.54. The number of halogens is 2. The Morgan fingerprint density at radius 2 is 1.71 bits per heavy atom. The van der Waals surface area contributed by atoms with Gasteiger partial charge in [-0.2, -0.15) is 0 Å². The molecule has 9 nitrogen and oxygen atoms in total. The second kappa shape index (κ2) is 12.5. The van der Waals surface area contributed by atoms with Crippen LogP contribution in [0.1, 0.15) is 42.5 Å². The first-order valence-corrected chi connectivity index (χ1v) is 12.7. The topological polar surface area (TPSA) is 103 Å². The van der Waals surface area contributed by atoms with Crippen LogP contribution in [0.5, 0.6) is 5.75 Å². The fourth-order valence-electron chi connectivity index (χ4n) is 4.47. The molecule has 2 saturated heterocycles. The summed E-state index contributed by atoms with van der Waals surface area (Å²) in [5, 5.41) is 5.57. The van der Waals surface area contributed by atoms with Crippen LogP contribution >= 0.6 is 0 Å². The summed E-state index contributed by atoms with van der Waals surface area (Å²) in [5.41, 5.74) is 0.440. The second-order valence-corrected chi connectivity index (χ2v) is 9.27. The first-order valence-electron chi connectivity index (χ1n) is 12.7. The zero-order valence-corrected chi connectivity index (χ0v) is 21.2. The van der Waals surface area contributed by atoms with Crippen LogP contribution in [0.3, 0.4) is 0 Å². The van der Waals surface area contributed by atoms with Crippen molar-refractivity contribution < 1.29 is 27.9 Å². The van der Waals surface area contributed by atoms with Gasteiger partial charge in [0.05, 0.1) is 13.7 Å². The quantitative estimate of drug-likeness (QED) is 0.444. The summed E-state index contributed by atoms with van der Waals surface area (Å²) < 4.78 is 32.3. The van der Waals surface area contributed by atoms with Gasteiger partial charge in [-0.05, 0) is 74.6 Å². The molecule has 2 N–H and O–H groups in total. The lowest BCUT2D eigenvalue weighted by molar-refractivity contribution is -0.140. The molecule has 0 unspecified atom stereocenters. The molecule has 3 amide bonds. The minimum absolute atomic E-state index is 0.00664. The summed E-state index contributed by atoms with van der Waals surface area (Å²) >= 11 is 0. The minimum Gasteiger partial charge on any atom is -0.497 e. The number of methoxy groups -OCH3 is 1. The molecule has 4 rings (SSSR count). The molecule has 2 aromatic rings. The highest BCUT2D eigenvalue weighted by molar-refractivity contribution is 6.10. The Hall–Kier alpha value is -4.02. The normalized spacial score (nSPS) is 18.2.